The Bertz CT molecular complexity index is 286. The largest absolute Gasteiger partial charge is 0.444 e. The van der Waals surface area contributed by atoms with E-state index in [1.54, 1.807) is 20.8 Å². The van der Waals surface area contributed by atoms with E-state index in [0.717, 1.165) is 12.8 Å². The number of carbonyl (C=O) groups excluding carboxylic acids is 1. The van der Waals surface area contributed by atoms with Gasteiger partial charge in [0.15, 0.2) is 0 Å². The first kappa shape index (κ1) is 16.7. The molecule has 0 radical (unpaired) electrons. The lowest BCUT2D eigenvalue weighted by Gasteiger charge is -2.24. The molecule has 0 fully saturated rings. The van der Waals surface area contributed by atoms with Crippen LogP contribution in [0.4, 0.5) is 4.79 Å². The molecular formula is C12H24N2O4. The normalized spacial score (nSPS) is 14.7. The van der Waals surface area contributed by atoms with Crippen LogP contribution in [-0.2, 0) is 4.74 Å². The van der Waals surface area contributed by atoms with Crippen LogP contribution in [0.15, 0.2) is 0 Å². The van der Waals surface area contributed by atoms with Crippen molar-refractivity contribution in [2.45, 2.75) is 71.6 Å². The molecule has 0 bridgehead atoms. The van der Waals surface area contributed by atoms with Crippen LogP contribution in [0.2, 0.25) is 0 Å². The number of amides is 1. The molecule has 6 heteroatoms. The molecular weight excluding hydrogens is 236 g/mol. The van der Waals surface area contributed by atoms with Crippen molar-refractivity contribution in [3.8, 4) is 0 Å². The summed E-state index contributed by atoms with van der Waals surface area (Å²) in [5, 5.41) is 13.4. The van der Waals surface area contributed by atoms with Crippen molar-refractivity contribution in [2.24, 2.45) is 0 Å². The van der Waals surface area contributed by atoms with Crippen molar-refractivity contribution in [3.63, 3.8) is 0 Å². The molecule has 18 heavy (non-hydrogen) atoms. The highest BCUT2D eigenvalue weighted by Gasteiger charge is 2.29. The molecule has 0 aliphatic heterocycles. The Morgan fingerprint density at radius 3 is 2.39 bits per heavy atom. The third kappa shape index (κ3) is 7.09. The Labute approximate surface area is 108 Å². The maximum Gasteiger partial charge on any atom is 0.408 e. The first-order valence-electron chi connectivity index (χ1n) is 6.30. The molecule has 1 amide bonds. The van der Waals surface area contributed by atoms with Crippen LogP contribution in [0.1, 0.15) is 53.9 Å². The summed E-state index contributed by atoms with van der Waals surface area (Å²) < 4.78 is 5.11. The number of hydrogen-bond acceptors (Lipinski definition) is 4. The number of nitrogens with one attached hydrogen (secondary N) is 1. The molecule has 0 spiro atoms. The fourth-order valence-electron chi connectivity index (χ4n) is 1.46. The summed E-state index contributed by atoms with van der Waals surface area (Å²) in [6.07, 6.45) is 1.74. The van der Waals surface area contributed by atoms with Gasteiger partial charge in [-0.25, -0.2) is 4.79 Å². The molecule has 0 saturated carbocycles. The smallest absolute Gasteiger partial charge is 0.408 e. The SMILES string of the molecule is CCCC[C@H](NC(=O)OC(C)(C)C)[C@@H](C)[N+](=O)[O-]. The Morgan fingerprint density at radius 1 is 1.44 bits per heavy atom. The number of rotatable bonds is 6. The lowest BCUT2D eigenvalue weighted by atomic mass is 10.0. The van der Waals surface area contributed by atoms with Gasteiger partial charge in [0.25, 0.3) is 0 Å². The first-order chi connectivity index (χ1) is 8.17. The number of alkyl carbamates (subject to hydrolysis) is 1. The van der Waals surface area contributed by atoms with E-state index in [1.165, 1.54) is 6.92 Å². The van der Waals surface area contributed by atoms with Gasteiger partial charge in [-0.1, -0.05) is 19.8 Å². The third-order valence-electron chi connectivity index (χ3n) is 2.49. The van der Waals surface area contributed by atoms with Crippen molar-refractivity contribution < 1.29 is 14.5 Å². The van der Waals surface area contributed by atoms with Gasteiger partial charge in [0.2, 0.25) is 6.04 Å². The second kappa shape index (κ2) is 7.18. The maximum absolute atomic E-state index is 11.6. The minimum absolute atomic E-state index is 0.377. The number of nitro groups is 1. The van der Waals surface area contributed by atoms with Crippen molar-refractivity contribution in [2.75, 3.05) is 0 Å². The predicted molar refractivity (Wildman–Crippen MR) is 69.1 cm³/mol. The average Bonchev–Trinajstić information content (AvgIpc) is 2.20. The summed E-state index contributed by atoms with van der Waals surface area (Å²) in [4.78, 5) is 22.0. The molecule has 0 aliphatic carbocycles. The zero-order valence-corrected chi connectivity index (χ0v) is 11.9. The zero-order valence-electron chi connectivity index (χ0n) is 11.9. The second-order valence-corrected chi connectivity index (χ2v) is 5.42. The van der Waals surface area contributed by atoms with Gasteiger partial charge in [0.05, 0.1) is 6.04 Å². The molecule has 0 unspecified atom stereocenters. The molecule has 106 valence electrons. The van der Waals surface area contributed by atoms with E-state index in [9.17, 15) is 14.9 Å². The van der Waals surface area contributed by atoms with Gasteiger partial charge >= 0.3 is 6.09 Å². The van der Waals surface area contributed by atoms with Gasteiger partial charge < -0.3 is 10.1 Å². The topological polar surface area (TPSA) is 81.5 Å². The lowest BCUT2D eigenvalue weighted by molar-refractivity contribution is -0.522. The summed E-state index contributed by atoms with van der Waals surface area (Å²) in [5.41, 5.74) is -0.600. The fourth-order valence-corrected chi connectivity index (χ4v) is 1.46. The van der Waals surface area contributed by atoms with Crippen LogP contribution < -0.4 is 5.32 Å². The molecule has 6 nitrogen and oxygen atoms in total. The van der Waals surface area contributed by atoms with Gasteiger partial charge in [-0.3, -0.25) is 10.1 Å². The minimum atomic E-state index is -0.816. The van der Waals surface area contributed by atoms with Gasteiger partial charge in [-0.15, -0.1) is 0 Å². The third-order valence-corrected chi connectivity index (χ3v) is 2.49. The Morgan fingerprint density at radius 2 is 2.00 bits per heavy atom. The molecule has 0 aromatic rings. The summed E-state index contributed by atoms with van der Waals surface area (Å²) in [7, 11) is 0. The Kier molecular flexibility index (Phi) is 6.65. The van der Waals surface area contributed by atoms with Gasteiger partial charge in [-0.05, 0) is 27.2 Å². The van der Waals surface area contributed by atoms with Gasteiger partial charge in [-0.2, -0.15) is 0 Å². The highest BCUT2D eigenvalue weighted by atomic mass is 16.6. The van der Waals surface area contributed by atoms with E-state index in [0.29, 0.717) is 6.42 Å². The van der Waals surface area contributed by atoms with Crippen LogP contribution in [0, 0.1) is 10.1 Å². The number of ether oxygens (including phenoxy) is 1. The maximum atomic E-state index is 11.6. The molecule has 0 saturated heterocycles. The predicted octanol–water partition coefficient (Wildman–Crippen LogP) is 2.74. The molecule has 0 heterocycles. The van der Waals surface area contributed by atoms with E-state index in [2.05, 4.69) is 5.32 Å². The number of hydrogen-bond donors (Lipinski definition) is 1. The zero-order chi connectivity index (χ0) is 14.3. The van der Waals surface area contributed by atoms with E-state index in [4.69, 9.17) is 4.74 Å². The minimum Gasteiger partial charge on any atom is -0.444 e. The van der Waals surface area contributed by atoms with Crippen LogP contribution in [0.5, 0.6) is 0 Å². The monoisotopic (exact) mass is 260 g/mol. The van der Waals surface area contributed by atoms with E-state index >= 15 is 0 Å². The van der Waals surface area contributed by atoms with Crippen molar-refractivity contribution in [1.29, 1.82) is 0 Å². The fraction of sp³-hybridized carbons (Fsp3) is 0.917. The summed E-state index contributed by atoms with van der Waals surface area (Å²) in [6.45, 7) is 8.76. The summed E-state index contributed by atoms with van der Waals surface area (Å²) in [6, 6.07) is -1.31. The van der Waals surface area contributed by atoms with Crippen molar-refractivity contribution >= 4 is 6.09 Å². The molecule has 2 atom stereocenters. The molecule has 0 aromatic carbocycles. The van der Waals surface area contributed by atoms with Crippen molar-refractivity contribution in [3.05, 3.63) is 10.1 Å². The number of unbranched alkanes of at least 4 members (excludes halogenated alkanes) is 1. The summed E-state index contributed by atoms with van der Waals surface area (Å²) >= 11 is 0. The van der Waals surface area contributed by atoms with Crippen LogP contribution >= 0.6 is 0 Å². The van der Waals surface area contributed by atoms with Crippen LogP contribution in [0.3, 0.4) is 0 Å². The Hall–Kier alpha value is -1.33. The van der Waals surface area contributed by atoms with Crippen LogP contribution in [0.25, 0.3) is 0 Å². The lowest BCUT2D eigenvalue weighted by Crippen LogP contribution is -2.47. The highest BCUT2D eigenvalue weighted by molar-refractivity contribution is 5.68. The Balaban J connectivity index is 4.49. The van der Waals surface area contributed by atoms with E-state index in [1.807, 2.05) is 6.92 Å². The number of carbonyl (C=O) groups is 1. The average molecular weight is 260 g/mol. The van der Waals surface area contributed by atoms with E-state index in [-0.39, 0.29) is 4.92 Å². The van der Waals surface area contributed by atoms with Gasteiger partial charge in [0.1, 0.15) is 5.60 Å². The summed E-state index contributed by atoms with van der Waals surface area (Å²) in [5.74, 6) is 0. The molecule has 0 rings (SSSR count). The van der Waals surface area contributed by atoms with Crippen LogP contribution in [-0.4, -0.2) is 28.7 Å². The highest BCUT2D eigenvalue weighted by Crippen LogP contribution is 2.11. The molecule has 0 aromatic heterocycles. The van der Waals surface area contributed by atoms with E-state index < -0.39 is 23.8 Å². The second-order valence-electron chi connectivity index (χ2n) is 5.42. The van der Waals surface area contributed by atoms with Crippen molar-refractivity contribution in [1.82, 2.24) is 5.32 Å². The molecule has 0 aliphatic rings. The standard InChI is InChI=1S/C12H24N2O4/c1-6-7-8-10(9(2)14(16)17)13-11(15)18-12(3,4)5/h9-10H,6-8H2,1-5H3,(H,13,15)/t9-,10+/m1/s1. The van der Waals surface area contributed by atoms with Gasteiger partial charge in [0, 0.05) is 11.8 Å². The molecule has 1 N–H and O–H groups in total. The quantitative estimate of drug-likeness (QED) is 0.588. The first-order valence-corrected chi connectivity index (χ1v) is 6.30. The number of nitrogens with zero attached hydrogens (tertiary/aromatic N) is 1.